The second kappa shape index (κ2) is 9.93. The SMILES string of the molecule is CN(C)CCOc1ccccc1C(=O)N1CCO[C@@H](c2cccc(-c3cnn(C)c3)n2)C1. The number of carbonyl (C=O) groups excluding carboxylic acids is 1. The number of likely N-dealkylation sites (N-methyl/N-ethyl adjacent to an activating group) is 1. The highest BCUT2D eigenvalue weighted by atomic mass is 16.5. The number of hydrogen-bond acceptors (Lipinski definition) is 6. The molecular weight excluding hydrogens is 406 g/mol. The molecule has 1 aliphatic rings. The van der Waals surface area contributed by atoms with Crippen molar-refractivity contribution >= 4 is 5.91 Å². The molecular formula is C24H29N5O3. The van der Waals surface area contributed by atoms with Gasteiger partial charge in [-0.2, -0.15) is 5.10 Å². The molecule has 32 heavy (non-hydrogen) atoms. The molecule has 1 saturated heterocycles. The number of ether oxygens (including phenoxy) is 2. The zero-order valence-corrected chi connectivity index (χ0v) is 18.8. The second-order valence-corrected chi connectivity index (χ2v) is 8.11. The van der Waals surface area contributed by atoms with Crippen molar-refractivity contribution in [2.24, 2.45) is 7.05 Å². The molecule has 0 saturated carbocycles. The van der Waals surface area contributed by atoms with Gasteiger partial charge in [-0.25, -0.2) is 4.98 Å². The Balaban J connectivity index is 1.48. The summed E-state index contributed by atoms with van der Waals surface area (Å²) in [5.41, 5.74) is 3.16. The molecule has 1 fully saturated rings. The molecule has 0 bridgehead atoms. The Morgan fingerprint density at radius 2 is 2.06 bits per heavy atom. The third-order valence-electron chi connectivity index (χ3n) is 5.37. The molecule has 0 N–H and O–H groups in total. The zero-order chi connectivity index (χ0) is 22.5. The molecule has 0 unspecified atom stereocenters. The molecule has 8 nitrogen and oxygen atoms in total. The molecule has 8 heteroatoms. The van der Waals surface area contributed by atoms with Crippen LogP contribution in [-0.2, 0) is 11.8 Å². The Morgan fingerprint density at radius 1 is 1.22 bits per heavy atom. The number of para-hydroxylation sites is 1. The second-order valence-electron chi connectivity index (χ2n) is 8.11. The van der Waals surface area contributed by atoms with Crippen molar-refractivity contribution in [1.82, 2.24) is 24.6 Å². The van der Waals surface area contributed by atoms with E-state index in [0.29, 0.717) is 37.6 Å². The summed E-state index contributed by atoms with van der Waals surface area (Å²) in [6, 6.07) is 13.3. The van der Waals surface area contributed by atoms with Crippen LogP contribution in [-0.4, -0.2) is 77.4 Å². The first-order chi connectivity index (χ1) is 15.5. The summed E-state index contributed by atoms with van der Waals surface area (Å²) < 4.78 is 13.6. The van der Waals surface area contributed by atoms with Gasteiger partial charge in [-0.15, -0.1) is 0 Å². The molecule has 4 rings (SSSR count). The van der Waals surface area contributed by atoms with E-state index in [0.717, 1.165) is 23.5 Å². The predicted molar refractivity (Wildman–Crippen MR) is 122 cm³/mol. The third kappa shape index (κ3) is 5.15. The number of pyridine rings is 1. The summed E-state index contributed by atoms with van der Waals surface area (Å²) in [5.74, 6) is 0.557. The lowest BCUT2D eigenvalue weighted by Gasteiger charge is -2.33. The van der Waals surface area contributed by atoms with Crippen LogP contribution in [0.5, 0.6) is 5.75 Å². The molecule has 0 aliphatic carbocycles. The van der Waals surface area contributed by atoms with Crippen LogP contribution in [0, 0.1) is 0 Å². The van der Waals surface area contributed by atoms with Crippen molar-refractivity contribution in [1.29, 1.82) is 0 Å². The smallest absolute Gasteiger partial charge is 0.257 e. The number of nitrogens with zero attached hydrogens (tertiary/aromatic N) is 5. The quantitative estimate of drug-likeness (QED) is 0.568. The highest BCUT2D eigenvalue weighted by Crippen LogP contribution is 2.27. The summed E-state index contributed by atoms with van der Waals surface area (Å²) in [7, 11) is 5.86. The van der Waals surface area contributed by atoms with Gasteiger partial charge in [-0.1, -0.05) is 18.2 Å². The molecule has 2 aromatic heterocycles. The number of amides is 1. The van der Waals surface area contributed by atoms with E-state index in [9.17, 15) is 4.79 Å². The maximum Gasteiger partial charge on any atom is 0.257 e. The van der Waals surface area contributed by atoms with Crippen molar-refractivity contribution in [3.63, 3.8) is 0 Å². The Morgan fingerprint density at radius 3 is 2.84 bits per heavy atom. The van der Waals surface area contributed by atoms with E-state index >= 15 is 0 Å². The lowest BCUT2D eigenvalue weighted by atomic mass is 10.1. The first-order valence-electron chi connectivity index (χ1n) is 10.7. The standard InChI is InChI=1S/C24H29N5O3/c1-27(2)11-13-31-22-10-5-4-7-19(22)24(30)29-12-14-32-23(17-29)21-9-6-8-20(26-21)18-15-25-28(3)16-18/h4-10,15-16,23H,11-14,17H2,1-3H3/t23-/m1/s1. The molecule has 1 amide bonds. The van der Waals surface area contributed by atoms with Gasteiger partial charge in [0.25, 0.3) is 5.91 Å². The van der Waals surface area contributed by atoms with Crippen molar-refractivity contribution in [3.05, 3.63) is 66.1 Å². The summed E-state index contributed by atoms with van der Waals surface area (Å²) in [5, 5.41) is 4.22. The highest BCUT2D eigenvalue weighted by molar-refractivity contribution is 5.97. The monoisotopic (exact) mass is 435 g/mol. The average Bonchev–Trinajstić information content (AvgIpc) is 3.25. The van der Waals surface area contributed by atoms with E-state index in [1.807, 2.05) is 79.6 Å². The summed E-state index contributed by atoms with van der Waals surface area (Å²) >= 11 is 0. The van der Waals surface area contributed by atoms with Crippen molar-refractivity contribution < 1.29 is 14.3 Å². The Kier molecular flexibility index (Phi) is 6.82. The van der Waals surface area contributed by atoms with Crippen LogP contribution in [0.1, 0.15) is 22.2 Å². The number of rotatable bonds is 7. The topological polar surface area (TPSA) is 72.7 Å². The first-order valence-corrected chi connectivity index (χ1v) is 10.7. The largest absolute Gasteiger partial charge is 0.491 e. The van der Waals surface area contributed by atoms with E-state index in [1.165, 1.54) is 0 Å². The number of benzene rings is 1. The Bertz CT molecular complexity index is 1070. The number of hydrogen-bond donors (Lipinski definition) is 0. The minimum absolute atomic E-state index is 0.0535. The van der Waals surface area contributed by atoms with Crippen molar-refractivity contribution in [2.45, 2.75) is 6.10 Å². The van der Waals surface area contributed by atoms with Crippen LogP contribution in [0.25, 0.3) is 11.3 Å². The van der Waals surface area contributed by atoms with Crippen LogP contribution >= 0.6 is 0 Å². The normalized spacial score (nSPS) is 16.4. The van der Waals surface area contributed by atoms with Crippen LogP contribution in [0.15, 0.2) is 54.9 Å². The van der Waals surface area contributed by atoms with E-state index in [-0.39, 0.29) is 12.0 Å². The van der Waals surface area contributed by atoms with Gasteiger partial charge in [0.15, 0.2) is 0 Å². The fourth-order valence-electron chi connectivity index (χ4n) is 3.64. The molecule has 0 radical (unpaired) electrons. The molecule has 1 aliphatic heterocycles. The van der Waals surface area contributed by atoms with Crippen molar-refractivity contribution in [3.8, 4) is 17.0 Å². The van der Waals surface area contributed by atoms with Gasteiger partial charge in [-0.05, 0) is 38.4 Å². The molecule has 1 atom stereocenters. The number of carbonyl (C=O) groups is 1. The Labute approximate surface area is 188 Å². The van der Waals surface area contributed by atoms with Gasteiger partial charge in [0, 0.05) is 31.9 Å². The van der Waals surface area contributed by atoms with Gasteiger partial charge >= 0.3 is 0 Å². The number of morpholine rings is 1. The average molecular weight is 436 g/mol. The molecule has 0 spiro atoms. The fraction of sp³-hybridized carbons (Fsp3) is 0.375. The molecule has 168 valence electrons. The Hall–Kier alpha value is -3.23. The predicted octanol–water partition coefficient (Wildman–Crippen LogP) is 2.64. The first kappa shape index (κ1) is 22.0. The van der Waals surface area contributed by atoms with Gasteiger partial charge < -0.3 is 19.3 Å². The van der Waals surface area contributed by atoms with E-state index in [1.54, 1.807) is 10.9 Å². The van der Waals surface area contributed by atoms with Crippen LogP contribution in [0.3, 0.4) is 0 Å². The minimum Gasteiger partial charge on any atom is -0.491 e. The number of aryl methyl sites for hydroxylation is 1. The summed E-state index contributed by atoms with van der Waals surface area (Å²) in [6.07, 6.45) is 3.43. The third-order valence-corrected chi connectivity index (χ3v) is 5.37. The highest BCUT2D eigenvalue weighted by Gasteiger charge is 2.28. The van der Waals surface area contributed by atoms with E-state index in [4.69, 9.17) is 14.5 Å². The van der Waals surface area contributed by atoms with E-state index < -0.39 is 0 Å². The van der Waals surface area contributed by atoms with Gasteiger partial charge in [0.2, 0.25) is 0 Å². The number of aromatic nitrogens is 3. The van der Waals surface area contributed by atoms with Crippen LogP contribution in [0.2, 0.25) is 0 Å². The molecule has 3 aromatic rings. The van der Waals surface area contributed by atoms with Gasteiger partial charge in [0.1, 0.15) is 18.5 Å². The lowest BCUT2D eigenvalue weighted by Crippen LogP contribution is -2.42. The van der Waals surface area contributed by atoms with Crippen molar-refractivity contribution in [2.75, 3.05) is 46.9 Å². The lowest BCUT2D eigenvalue weighted by molar-refractivity contribution is -0.0247. The fourth-order valence-corrected chi connectivity index (χ4v) is 3.64. The van der Waals surface area contributed by atoms with Crippen LogP contribution in [0.4, 0.5) is 0 Å². The summed E-state index contributed by atoms with van der Waals surface area (Å²) in [6.45, 7) is 2.73. The van der Waals surface area contributed by atoms with Gasteiger partial charge in [0.05, 0.1) is 36.3 Å². The van der Waals surface area contributed by atoms with E-state index in [2.05, 4.69) is 5.10 Å². The maximum atomic E-state index is 13.3. The molecule has 1 aromatic carbocycles. The minimum atomic E-state index is -0.286. The zero-order valence-electron chi connectivity index (χ0n) is 18.8. The molecule has 3 heterocycles. The van der Waals surface area contributed by atoms with Gasteiger partial charge in [-0.3, -0.25) is 9.48 Å². The maximum absolute atomic E-state index is 13.3. The van der Waals surface area contributed by atoms with Crippen LogP contribution < -0.4 is 4.74 Å². The summed E-state index contributed by atoms with van der Waals surface area (Å²) in [4.78, 5) is 22.0.